The Morgan fingerprint density at radius 1 is 0.857 bits per heavy atom. The first kappa shape index (κ1) is 23.5. The molecule has 0 radical (unpaired) electrons. The lowest BCUT2D eigenvalue weighted by Gasteiger charge is -2.31. The molecule has 3 aromatic carbocycles. The Bertz CT molecular complexity index is 1360. The summed E-state index contributed by atoms with van der Waals surface area (Å²) in [6.07, 6.45) is -3.92. The third kappa shape index (κ3) is 4.56. The highest BCUT2D eigenvalue weighted by Gasteiger charge is 2.43. The van der Waals surface area contributed by atoms with E-state index in [-0.39, 0.29) is 16.3 Å². The lowest BCUT2D eigenvalue weighted by molar-refractivity contribution is -0.137. The fraction of sp³-hybridized carbons (Fsp3) is 0.154. The summed E-state index contributed by atoms with van der Waals surface area (Å²) < 4.78 is 40.0. The maximum atomic E-state index is 13.6. The van der Waals surface area contributed by atoms with Gasteiger partial charge in [-0.2, -0.15) is 13.2 Å². The lowest BCUT2D eigenvalue weighted by Crippen LogP contribution is -2.37. The first-order chi connectivity index (χ1) is 16.7. The molecule has 35 heavy (non-hydrogen) atoms. The third-order valence-corrected chi connectivity index (χ3v) is 7.26. The minimum absolute atomic E-state index is 0.114. The topological polar surface area (TPSA) is 40.6 Å². The highest BCUT2D eigenvalue weighted by molar-refractivity contribution is 8.04. The average Bonchev–Trinajstić information content (AvgIpc) is 3.08. The summed E-state index contributed by atoms with van der Waals surface area (Å²) in [5.74, 6) is -1.28. The van der Waals surface area contributed by atoms with Crippen LogP contribution < -0.4 is 4.90 Å². The molecule has 2 aliphatic rings. The largest absolute Gasteiger partial charge is 0.416 e. The average molecular weight is 515 g/mol. The van der Waals surface area contributed by atoms with Crippen LogP contribution in [0, 0.1) is 0 Å². The molecule has 0 atom stereocenters. The van der Waals surface area contributed by atoms with Crippen molar-refractivity contribution in [3.63, 3.8) is 0 Å². The van der Waals surface area contributed by atoms with E-state index in [1.54, 1.807) is 24.3 Å². The van der Waals surface area contributed by atoms with Crippen LogP contribution >= 0.6 is 23.4 Å². The molecule has 2 heterocycles. The number of fused-ring (bicyclic) bond motifs is 1. The van der Waals surface area contributed by atoms with E-state index in [2.05, 4.69) is 0 Å². The Labute approximate surface area is 209 Å². The van der Waals surface area contributed by atoms with Gasteiger partial charge in [-0.05, 0) is 60.0 Å². The molecule has 0 aliphatic carbocycles. The molecule has 3 aromatic rings. The second kappa shape index (κ2) is 9.09. The third-order valence-electron chi connectivity index (χ3n) is 5.93. The second-order valence-electron chi connectivity index (χ2n) is 8.17. The summed E-state index contributed by atoms with van der Waals surface area (Å²) >= 11 is 7.09. The number of amides is 2. The Morgan fingerprint density at radius 3 is 2.29 bits per heavy atom. The zero-order valence-electron chi connectivity index (χ0n) is 18.2. The molecule has 9 heteroatoms. The van der Waals surface area contributed by atoms with Gasteiger partial charge in [-0.25, -0.2) is 4.90 Å². The van der Waals surface area contributed by atoms with Crippen molar-refractivity contribution in [2.75, 3.05) is 11.4 Å². The molecule has 2 amide bonds. The van der Waals surface area contributed by atoms with Crippen LogP contribution in [0.1, 0.15) is 16.7 Å². The van der Waals surface area contributed by atoms with Crippen molar-refractivity contribution >= 4 is 40.9 Å². The highest BCUT2D eigenvalue weighted by atomic mass is 35.5. The maximum absolute atomic E-state index is 13.6. The normalized spacial score (nSPS) is 16.2. The van der Waals surface area contributed by atoms with Crippen LogP contribution in [0.4, 0.5) is 18.9 Å². The molecule has 0 aromatic heterocycles. The number of thioether (sulfide) groups is 1. The standard InChI is InChI=1S/C26H18ClF3N2O2S/c27-19-8-10-21(11-9-19)35-23-22(31-13-12-16-4-1-2-5-17(16)15-31)24(33)32(25(23)34)20-7-3-6-18(14-20)26(28,29)30/h1-11,14H,12-13,15H2. The van der Waals surface area contributed by atoms with Crippen LogP contribution in [-0.4, -0.2) is 23.3 Å². The number of rotatable bonds is 4. The van der Waals surface area contributed by atoms with Gasteiger partial charge >= 0.3 is 6.18 Å². The van der Waals surface area contributed by atoms with Gasteiger partial charge in [0.25, 0.3) is 11.8 Å². The molecule has 0 unspecified atom stereocenters. The quantitative estimate of drug-likeness (QED) is 0.383. The van der Waals surface area contributed by atoms with E-state index >= 15 is 0 Å². The number of carbonyl (C=O) groups excluding carboxylic acids is 2. The van der Waals surface area contributed by atoms with Crippen LogP contribution in [0.5, 0.6) is 0 Å². The molecule has 0 spiro atoms. The zero-order chi connectivity index (χ0) is 24.7. The lowest BCUT2D eigenvalue weighted by atomic mass is 9.99. The van der Waals surface area contributed by atoms with Gasteiger partial charge < -0.3 is 4.90 Å². The highest BCUT2D eigenvalue weighted by Crippen LogP contribution is 2.41. The van der Waals surface area contributed by atoms with Crippen molar-refractivity contribution in [3.8, 4) is 0 Å². The van der Waals surface area contributed by atoms with E-state index in [4.69, 9.17) is 11.6 Å². The smallest absolute Gasteiger partial charge is 0.361 e. The fourth-order valence-corrected chi connectivity index (χ4v) is 5.36. The fourth-order valence-electron chi connectivity index (χ4n) is 4.23. The van der Waals surface area contributed by atoms with Gasteiger partial charge in [0.15, 0.2) is 0 Å². The van der Waals surface area contributed by atoms with E-state index in [0.717, 1.165) is 34.4 Å². The van der Waals surface area contributed by atoms with Crippen molar-refractivity contribution < 1.29 is 22.8 Å². The SMILES string of the molecule is O=C1C(Sc2ccc(Cl)cc2)=C(N2CCc3ccccc3C2)C(=O)N1c1cccc(C(F)(F)F)c1. The number of anilines is 1. The van der Waals surface area contributed by atoms with Gasteiger partial charge in [0, 0.05) is 23.0 Å². The first-order valence-corrected chi connectivity index (χ1v) is 12.0. The van der Waals surface area contributed by atoms with E-state index in [1.807, 2.05) is 29.2 Å². The summed E-state index contributed by atoms with van der Waals surface area (Å²) in [6.45, 7) is 0.929. The second-order valence-corrected chi connectivity index (χ2v) is 9.69. The predicted molar refractivity (Wildman–Crippen MR) is 129 cm³/mol. The van der Waals surface area contributed by atoms with Gasteiger partial charge in [0.2, 0.25) is 0 Å². The summed E-state index contributed by atoms with van der Waals surface area (Å²) in [5.41, 5.74) is 1.36. The number of imide groups is 1. The minimum Gasteiger partial charge on any atom is -0.361 e. The van der Waals surface area contributed by atoms with Crippen molar-refractivity contribution in [1.82, 2.24) is 4.90 Å². The van der Waals surface area contributed by atoms with Crippen LogP contribution in [0.2, 0.25) is 5.02 Å². The number of nitrogens with zero attached hydrogens (tertiary/aromatic N) is 2. The number of hydrogen-bond acceptors (Lipinski definition) is 4. The summed E-state index contributed by atoms with van der Waals surface area (Å²) in [6, 6.07) is 18.9. The van der Waals surface area contributed by atoms with Crippen LogP contribution in [0.3, 0.4) is 0 Å². The van der Waals surface area contributed by atoms with Gasteiger partial charge in [0.1, 0.15) is 10.6 Å². The van der Waals surface area contributed by atoms with Crippen LogP contribution in [0.15, 0.2) is 88.3 Å². The first-order valence-electron chi connectivity index (χ1n) is 10.8. The molecule has 178 valence electrons. The monoisotopic (exact) mass is 514 g/mol. The molecule has 0 saturated carbocycles. The van der Waals surface area contributed by atoms with E-state index < -0.39 is 23.6 Å². The maximum Gasteiger partial charge on any atom is 0.416 e. The van der Waals surface area contributed by atoms with Crippen LogP contribution in [0.25, 0.3) is 0 Å². The molecule has 4 nitrogen and oxygen atoms in total. The minimum atomic E-state index is -4.60. The van der Waals surface area contributed by atoms with Gasteiger partial charge in [-0.15, -0.1) is 0 Å². The molecular formula is C26H18ClF3N2O2S. The van der Waals surface area contributed by atoms with Crippen molar-refractivity contribution in [1.29, 1.82) is 0 Å². The molecule has 0 saturated heterocycles. The Balaban J connectivity index is 1.56. The number of halogens is 4. The summed E-state index contributed by atoms with van der Waals surface area (Å²) in [5, 5.41) is 0.524. The van der Waals surface area contributed by atoms with Crippen molar-refractivity contribution in [3.05, 3.63) is 105 Å². The van der Waals surface area contributed by atoms with Gasteiger partial charge in [-0.1, -0.05) is 53.7 Å². The summed E-state index contributed by atoms with van der Waals surface area (Å²) in [4.78, 5) is 30.7. The zero-order valence-corrected chi connectivity index (χ0v) is 19.8. The number of carbonyl (C=O) groups is 2. The Kier molecular flexibility index (Phi) is 6.11. The number of alkyl halides is 3. The number of benzene rings is 3. The number of hydrogen-bond donors (Lipinski definition) is 0. The molecule has 0 fully saturated rings. The van der Waals surface area contributed by atoms with Gasteiger partial charge in [-0.3, -0.25) is 9.59 Å². The van der Waals surface area contributed by atoms with Crippen LogP contribution in [-0.2, 0) is 28.7 Å². The summed E-state index contributed by atoms with van der Waals surface area (Å²) in [7, 11) is 0. The van der Waals surface area contributed by atoms with Crippen molar-refractivity contribution in [2.24, 2.45) is 0 Å². The van der Waals surface area contributed by atoms with E-state index in [9.17, 15) is 22.8 Å². The Hall–Kier alpha value is -3.23. The molecule has 2 aliphatic heterocycles. The van der Waals surface area contributed by atoms with Crippen molar-refractivity contribution in [2.45, 2.75) is 24.0 Å². The van der Waals surface area contributed by atoms with E-state index in [0.29, 0.717) is 29.4 Å². The molecule has 0 bridgehead atoms. The Morgan fingerprint density at radius 2 is 1.57 bits per heavy atom. The van der Waals surface area contributed by atoms with E-state index in [1.165, 1.54) is 17.7 Å². The predicted octanol–water partition coefficient (Wildman–Crippen LogP) is 6.29. The molecular weight excluding hydrogens is 497 g/mol. The van der Waals surface area contributed by atoms with Gasteiger partial charge in [0.05, 0.1) is 11.3 Å². The molecule has 5 rings (SSSR count). The molecule has 0 N–H and O–H groups in total.